The van der Waals surface area contributed by atoms with Crippen LogP contribution in [-0.4, -0.2) is 31.1 Å². The largest absolute Gasteiger partial charge is 0.468 e. The van der Waals surface area contributed by atoms with E-state index in [0.29, 0.717) is 12.1 Å². The highest BCUT2D eigenvalue weighted by atomic mass is 16.3. The van der Waals surface area contributed by atoms with Gasteiger partial charge in [-0.15, -0.1) is 0 Å². The Morgan fingerprint density at radius 1 is 1.62 bits per heavy atom. The zero-order valence-electron chi connectivity index (χ0n) is 8.16. The van der Waals surface area contributed by atoms with Gasteiger partial charge in [-0.1, -0.05) is 0 Å². The summed E-state index contributed by atoms with van der Waals surface area (Å²) in [5.74, 6) is 1.02. The van der Waals surface area contributed by atoms with Crippen molar-refractivity contribution in [1.29, 1.82) is 0 Å². The first kappa shape index (κ1) is 8.78. The predicted molar refractivity (Wildman–Crippen MR) is 51.5 cm³/mol. The lowest BCUT2D eigenvalue weighted by molar-refractivity contribution is 0.149. The maximum absolute atomic E-state index is 5.32. The maximum atomic E-state index is 5.32. The van der Waals surface area contributed by atoms with Gasteiger partial charge in [0.25, 0.3) is 0 Å². The Morgan fingerprint density at radius 2 is 2.38 bits per heavy atom. The lowest BCUT2D eigenvalue weighted by Crippen LogP contribution is -2.56. The van der Waals surface area contributed by atoms with Crippen molar-refractivity contribution >= 4 is 0 Å². The van der Waals surface area contributed by atoms with Gasteiger partial charge in [0.2, 0.25) is 0 Å². The molecule has 1 aromatic heterocycles. The van der Waals surface area contributed by atoms with Gasteiger partial charge in [0.15, 0.2) is 0 Å². The molecule has 1 saturated heterocycles. The monoisotopic (exact) mass is 180 g/mol. The van der Waals surface area contributed by atoms with E-state index in [9.17, 15) is 0 Å². The van der Waals surface area contributed by atoms with Gasteiger partial charge in [-0.05, 0) is 26.1 Å². The maximum Gasteiger partial charge on any atom is 0.120 e. The van der Waals surface area contributed by atoms with Gasteiger partial charge in [0.05, 0.1) is 12.3 Å². The van der Waals surface area contributed by atoms with E-state index in [2.05, 4.69) is 24.2 Å². The summed E-state index contributed by atoms with van der Waals surface area (Å²) in [6.45, 7) is 4.42. The van der Waals surface area contributed by atoms with E-state index < -0.39 is 0 Å². The van der Waals surface area contributed by atoms with Gasteiger partial charge in [0, 0.05) is 19.1 Å². The van der Waals surface area contributed by atoms with Crippen LogP contribution in [0.1, 0.15) is 18.7 Å². The average molecular weight is 180 g/mol. The Morgan fingerprint density at radius 3 is 2.92 bits per heavy atom. The molecule has 1 aromatic rings. The highest BCUT2D eigenvalue weighted by Gasteiger charge is 2.24. The van der Waals surface area contributed by atoms with Crippen LogP contribution in [-0.2, 0) is 0 Å². The van der Waals surface area contributed by atoms with E-state index in [1.165, 1.54) is 0 Å². The Labute approximate surface area is 78.7 Å². The molecular weight excluding hydrogens is 164 g/mol. The summed E-state index contributed by atoms with van der Waals surface area (Å²) in [7, 11) is 2.13. The third kappa shape index (κ3) is 1.92. The molecular formula is C10H16N2O. The zero-order chi connectivity index (χ0) is 9.26. The molecule has 1 aliphatic rings. The van der Waals surface area contributed by atoms with Crippen LogP contribution >= 0.6 is 0 Å². The topological polar surface area (TPSA) is 28.4 Å². The first-order valence-corrected chi connectivity index (χ1v) is 4.73. The van der Waals surface area contributed by atoms with E-state index in [4.69, 9.17) is 4.42 Å². The molecule has 1 unspecified atom stereocenters. The number of nitrogens with one attached hydrogen (secondary N) is 1. The van der Waals surface area contributed by atoms with E-state index in [1.54, 1.807) is 6.26 Å². The normalized spacial score (nSPS) is 21.4. The number of rotatable bonds is 3. The van der Waals surface area contributed by atoms with E-state index >= 15 is 0 Å². The molecule has 0 aromatic carbocycles. The van der Waals surface area contributed by atoms with E-state index in [0.717, 1.165) is 18.8 Å². The number of furan rings is 1. The molecule has 3 heteroatoms. The fraction of sp³-hybridized carbons (Fsp3) is 0.600. The third-order valence-corrected chi connectivity index (χ3v) is 2.52. The minimum absolute atomic E-state index is 0.327. The molecule has 0 radical (unpaired) electrons. The highest BCUT2D eigenvalue weighted by Crippen LogP contribution is 2.15. The van der Waals surface area contributed by atoms with E-state index in [1.807, 2.05) is 12.1 Å². The quantitative estimate of drug-likeness (QED) is 0.758. The number of likely N-dealkylation sites (tertiary alicyclic amines) is 1. The molecule has 1 N–H and O–H groups in total. The lowest BCUT2D eigenvalue weighted by Gasteiger charge is -2.38. The highest BCUT2D eigenvalue weighted by molar-refractivity contribution is 5.04. The van der Waals surface area contributed by atoms with Crippen molar-refractivity contribution in [2.75, 3.05) is 20.1 Å². The van der Waals surface area contributed by atoms with Crippen molar-refractivity contribution in [2.24, 2.45) is 0 Å². The molecule has 1 fully saturated rings. The van der Waals surface area contributed by atoms with Crippen LogP contribution in [0, 0.1) is 0 Å². The molecule has 3 nitrogen and oxygen atoms in total. The Hall–Kier alpha value is -0.800. The fourth-order valence-corrected chi connectivity index (χ4v) is 1.78. The SMILES string of the molecule is CC(NC1CN(C)C1)c1ccco1. The summed E-state index contributed by atoms with van der Waals surface area (Å²) >= 11 is 0. The Kier molecular flexibility index (Phi) is 2.38. The van der Waals surface area contributed by atoms with Crippen LogP contribution in [0.2, 0.25) is 0 Å². The molecule has 0 saturated carbocycles. The zero-order valence-corrected chi connectivity index (χ0v) is 8.16. The number of hydrogen-bond donors (Lipinski definition) is 1. The fourth-order valence-electron chi connectivity index (χ4n) is 1.78. The standard InChI is InChI=1S/C10H16N2O/c1-8(10-4-3-5-13-10)11-9-6-12(2)7-9/h3-5,8-9,11H,6-7H2,1-2H3. The molecule has 2 heterocycles. The van der Waals surface area contributed by atoms with Crippen molar-refractivity contribution in [3.8, 4) is 0 Å². The molecule has 13 heavy (non-hydrogen) atoms. The first-order chi connectivity index (χ1) is 6.25. The smallest absolute Gasteiger partial charge is 0.120 e. The van der Waals surface area contributed by atoms with Crippen molar-refractivity contribution < 1.29 is 4.42 Å². The van der Waals surface area contributed by atoms with Crippen molar-refractivity contribution in [3.63, 3.8) is 0 Å². The van der Waals surface area contributed by atoms with Crippen LogP contribution in [0.5, 0.6) is 0 Å². The van der Waals surface area contributed by atoms with Gasteiger partial charge >= 0.3 is 0 Å². The van der Waals surface area contributed by atoms with Gasteiger partial charge in [-0.25, -0.2) is 0 Å². The predicted octanol–water partition coefficient (Wildman–Crippen LogP) is 1.24. The van der Waals surface area contributed by atoms with Crippen molar-refractivity contribution in [1.82, 2.24) is 10.2 Å². The second-order valence-electron chi connectivity index (χ2n) is 3.82. The van der Waals surface area contributed by atoms with Gasteiger partial charge in [0.1, 0.15) is 5.76 Å². The second kappa shape index (κ2) is 3.52. The summed E-state index contributed by atoms with van der Waals surface area (Å²) < 4.78 is 5.32. The molecule has 72 valence electrons. The summed E-state index contributed by atoms with van der Waals surface area (Å²) in [4.78, 5) is 2.30. The lowest BCUT2D eigenvalue weighted by atomic mass is 10.1. The van der Waals surface area contributed by atoms with Crippen LogP contribution in [0.3, 0.4) is 0 Å². The van der Waals surface area contributed by atoms with Gasteiger partial charge < -0.3 is 14.6 Å². The van der Waals surface area contributed by atoms with Crippen LogP contribution in [0.4, 0.5) is 0 Å². The van der Waals surface area contributed by atoms with Crippen molar-refractivity contribution in [2.45, 2.75) is 19.0 Å². The molecule has 2 rings (SSSR count). The van der Waals surface area contributed by atoms with Crippen LogP contribution < -0.4 is 5.32 Å². The molecule has 0 bridgehead atoms. The Bertz CT molecular complexity index is 252. The summed E-state index contributed by atoms with van der Waals surface area (Å²) in [6.07, 6.45) is 1.72. The van der Waals surface area contributed by atoms with Crippen LogP contribution in [0.25, 0.3) is 0 Å². The molecule has 1 aliphatic heterocycles. The van der Waals surface area contributed by atoms with Crippen LogP contribution in [0.15, 0.2) is 22.8 Å². The number of nitrogens with zero attached hydrogens (tertiary/aromatic N) is 1. The molecule has 0 aliphatic carbocycles. The molecule has 0 spiro atoms. The summed E-state index contributed by atoms with van der Waals surface area (Å²) in [5, 5.41) is 3.51. The number of likely N-dealkylation sites (N-methyl/N-ethyl adjacent to an activating group) is 1. The minimum Gasteiger partial charge on any atom is -0.468 e. The van der Waals surface area contributed by atoms with E-state index in [-0.39, 0.29) is 0 Å². The van der Waals surface area contributed by atoms with Crippen molar-refractivity contribution in [3.05, 3.63) is 24.2 Å². The summed E-state index contributed by atoms with van der Waals surface area (Å²) in [6, 6.07) is 4.90. The van der Waals surface area contributed by atoms with Gasteiger partial charge in [-0.2, -0.15) is 0 Å². The molecule has 1 atom stereocenters. The molecule has 0 amide bonds. The second-order valence-corrected chi connectivity index (χ2v) is 3.82. The Balaban J connectivity index is 1.82. The minimum atomic E-state index is 0.327. The third-order valence-electron chi connectivity index (χ3n) is 2.52. The first-order valence-electron chi connectivity index (χ1n) is 4.73. The number of hydrogen-bond acceptors (Lipinski definition) is 3. The summed E-state index contributed by atoms with van der Waals surface area (Å²) in [5.41, 5.74) is 0. The average Bonchev–Trinajstić information content (AvgIpc) is 2.53. The van der Waals surface area contributed by atoms with Gasteiger partial charge in [-0.3, -0.25) is 0 Å².